The van der Waals surface area contributed by atoms with E-state index in [0.29, 0.717) is 30.4 Å². The fraction of sp³-hybridized carbons (Fsp3) is 0.500. The number of primary amides is 2. The second-order valence-corrected chi connectivity index (χ2v) is 27.9. The number of hydrogen-bond acceptors (Lipinski definition) is 19. The van der Waals surface area contributed by atoms with Crippen LogP contribution >= 0.6 is 0 Å². The molecule has 0 unspecified atom stereocenters. The van der Waals surface area contributed by atoms with Gasteiger partial charge in [-0.2, -0.15) is 0 Å². The predicted molar refractivity (Wildman–Crippen MR) is 391 cm³/mol. The maximum atomic E-state index is 15.0. The lowest BCUT2D eigenvalue weighted by molar-refractivity contribution is -0.148. The van der Waals surface area contributed by atoms with Crippen LogP contribution in [0.2, 0.25) is 0 Å². The summed E-state index contributed by atoms with van der Waals surface area (Å²) in [6.45, 7) is 12.5. The number of nitrogens with two attached hydrogens (primary N) is 2. The number of esters is 1. The van der Waals surface area contributed by atoms with E-state index >= 15 is 4.79 Å². The van der Waals surface area contributed by atoms with Crippen LogP contribution in [0.3, 0.4) is 0 Å². The number of amides is 13. The molecule has 13 amide bonds. The highest BCUT2D eigenvalue weighted by Crippen LogP contribution is 2.24. The summed E-state index contributed by atoms with van der Waals surface area (Å²) in [6.07, 6.45) is -4.65. The molecule has 2 saturated heterocycles. The van der Waals surface area contributed by atoms with Crippen molar-refractivity contribution in [1.29, 1.82) is 0 Å². The Morgan fingerprint density at radius 1 is 0.463 bits per heavy atom. The summed E-state index contributed by atoms with van der Waals surface area (Å²) < 4.78 is 29.3. The summed E-state index contributed by atoms with van der Waals surface area (Å²) >= 11 is 0. The van der Waals surface area contributed by atoms with Gasteiger partial charge in [0.1, 0.15) is 66.6 Å². The third kappa shape index (κ3) is 28.1. The quantitative estimate of drug-likeness (QED) is 0.0280. The first-order valence-corrected chi connectivity index (χ1v) is 36.0. The number of hydrogen-bond donors (Lipinski definition) is 11. The lowest BCUT2D eigenvalue weighted by Crippen LogP contribution is -2.62. The molecule has 32 heteroatoms. The Hall–Kier alpha value is -10.9. The largest absolute Gasteiger partial charge is 0.461 e. The average Bonchev–Trinajstić information content (AvgIpc) is 1.61. The van der Waals surface area contributed by atoms with Crippen molar-refractivity contribution in [3.8, 4) is 0 Å². The molecule has 2 fully saturated rings. The van der Waals surface area contributed by atoms with Gasteiger partial charge in [-0.1, -0.05) is 135 Å². The highest BCUT2D eigenvalue weighted by Gasteiger charge is 2.44. The second-order valence-electron chi connectivity index (χ2n) is 27.9. The monoisotopic (exact) mass is 1500 g/mol. The van der Waals surface area contributed by atoms with Crippen LogP contribution in [0.4, 0.5) is 4.79 Å². The first-order valence-electron chi connectivity index (χ1n) is 36.0. The number of ether oxygens (including phenoxy) is 5. The zero-order chi connectivity index (χ0) is 79.2. The van der Waals surface area contributed by atoms with Crippen LogP contribution in [0.25, 0.3) is 0 Å². The van der Waals surface area contributed by atoms with Gasteiger partial charge < -0.3 is 92.8 Å². The number of nitrogens with zero attached hydrogens (tertiary/aromatic N) is 2. The molecule has 0 bridgehead atoms. The molecule has 586 valence electrons. The van der Waals surface area contributed by atoms with E-state index in [-0.39, 0.29) is 45.9 Å². The van der Waals surface area contributed by atoms with E-state index in [9.17, 15) is 62.3 Å². The van der Waals surface area contributed by atoms with Gasteiger partial charge in [-0.3, -0.25) is 62.3 Å². The van der Waals surface area contributed by atoms with Crippen molar-refractivity contribution < 1.29 is 90.8 Å². The standard InChI is InChI=1S/C76H103N13O19/c1-45(2)62(71(99)80-39-59(91)81-46(3)67(95)79-40-60(92)84-64(48(5)105-42-51-26-16-11-17-27-51)73(101)88-36-22-32-56(88)66(78)94)85-69(97)55(38-61(93)107-44-53-30-20-13-21-31-53)83-72(100)63(47(4)104-41-50-24-14-10-15-25-50)86-68(96)54(34-35-58(77)90)82-70(98)57-33-23-37-89(57)74(102)65(87-75(103)108-76(7,8)9)49(6)106-43-52-28-18-12-19-29-52/h10-21,24-31,45-49,54-57,62-65H,22-23,32-44H2,1-9H3,(H2,77,90)(H2,78,94)(H,79,95)(H,80,99)(H,81,91)(H,82,98)(H,83,100)(H,84,92)(H,85,97)(H,86,96)(H,87,103)/t46-,47+,48+,49+,54-,55-,56-,57-,62-,63-,64-,65-/m0/s1. The van der Waals surface area contributed by atoms with E-state index < -0.39 is 200 Å². The summed E-state index contributed by atoms with van der Waals surface area (Å²) in [5.41, 5.74) is 13.0. The SMILES string of the molecule is CC(C)[C@H](NC(=O)[C@H](CC(=O)OCc1ccccc1)NC(=O)[C@@H](NC(=O)[C@H](CCC(N)=O)NC(=O)[C@@H]1CCCN1C(=O)[C@@H](NC(=O)OC(C)(C)C)[C@@H](C)OCc1ccccc1)[C@@H](C)OCc1ccccc1)C(=O)NCC(=O)N[C@@H](C)C(=O)NCC(=O)N[C@H](C(=O)N1CCC[C@H]1C(N)=O)[C@@H](C)OCc1ccccc1. The molecule has 12 atom stereocenters. The number of nitrogens with one attached hydrogen (secondary N) is 9. The molecule has 0 aromatic heterocycles. The number of carbonyl (C=O) groups excluding carboxylic acids is 14. The van der Waals surface area contributed by atoms with E-state index in [4.69, 9.17) is 35.2 Å². The lowest BCUT2D eigenvalue weighted by atomic mass is 10.0. The van der Waals surface area contributed by atoms with Crippen molar-refractivity contribution >= 4 is 82.9 Å². The Bertz CT molecular complexity index is 3720. The molecule has 13 N–H and O–H groups in total. The summed E-state index contributed by atoms with van der Waals surface area (Å²) in [7, 11) is 0. The van der Waals surface area contributed by atoms with Crippen molar-refractivity contribution in [1.82, 2.24) is 57.7 Å². The van der Waals surface area contributed by atoms with E-state index in [1.807, 2.05) is 48.5 Å². The molecule has 2 aliphatic heterocycles. The highest BCUT2D eigenvalue weighted by molar-refractivity contribution is 6.00. The Balaban J connectivity index is 1.16. The molecule has 0 aliphatic carbocycles. The highest BCUT2D eigenvalue weighted by atomic mass is 16.6. The Kier molecular flexibility index (Phi) is 33.8. The van der Waals surface area contributed by atoms with Crippen LogP contribution < -0.4 is 59.3 Å². The molecule has 6 rings (SSSR count). The summed E-state index contributed by atoms with van der Waals surface area (Å²) in [6, 6.07) is 22.4. The molecule has 2 aliphatic rings. The number of benzene rings is 4. The first kappa shape index (κ1) is 86.1. The normalized spacial score (nSPS) is 16.9. The third-order valence-electron chi connectivity index (χ3n) is 17.7. The third-order valence-corrected chi connectivity index (χ3v) is 17.7. The van der Waals surface area contributed by atoms with Crippen molar-refractivity contribution in [3.05, 3.63) is 144 Å². The fourth-order valence-corrected chi connectivity index (χ4v) is 11.8. The molecule has 32 nitrogen and oxygen atoms in total. The zero-order valence-electron chi connectivity index (χ0n) is 62.5. The molecular formula is C76H103N13O19. The zero-order valence-corrected chi connectivity index (χ0v) is 62.5. The minimum atomic E-state index is -1.88. The van der Waals surface area contributed by atoms with Gasteiger partial charge in [0.25, 0.3) is 0 Å². The number of carbonyl (C=O) groups is 14. The smallest absolute Gasteiger partial charge is 0.408 e. The Morgan fingerprint density at radius 2 is 0.889 bits per heavy atom. The first-order chi connectivity index (χ1) is 51.3. The van der Waals surface area contributed by atoms with Crippen molar-refractivity contribution in [2.45, 2.75) is 212 Å². The molecular weight excluding hydrogens is 1400 g/mol. The van der Waals surface area contributed by atoms with Crippen molar-refractivity contribution in [3.63, 3.8) is 0 Å². The molecule has 2 heterocycles. The predicted octanol–water partition coefficient (Wildman–Crippen LogP) is 1.38. The van der Waals surface area contributed by atoms with E-state index in [1.165, 1.54) is 23.6 Å². The van der Waals surface area contributed by atoms with Gasteiger partial charge >= 0.3 is 12.1 Å². The molecule has 4 aromatic carbocycles. The summed E-state index contributed by atoms with van der Waals surface area (Å²) in [5.74, 6) is -12.3. The van der Waals surface area contributed by atoms with Crippen LogP contribution in [0.1, 0.15) is 130 Å². The van der Waals surface area contributed by atoms with Gasteiger partial charge in [-0.05, 0) is 109 Å². The van der Waals surface area contributed by atoms with Crippen LogP contribution in [-0.4, -0.2) is 197 Å². The van der Waals surface area contributed by atoms with E-state index in [0.717, 1.165) is 11.1 Å². The topological polar surface area (TPSA) is 452 Å². The lowest BCUT2D eigenvalue weighted by Gasteiger charge is -2.33. The minimum absolute atomic E-state index is 0.0398. The average molecular weight is 1500 g/mol. The van der Waals surface area contributed by atoms with Gasteiger partial charge in [0.15, 0.2) is 0 Å². The number of alkyl carbamates (subject to hydrolysis) is 1. The minimum Gasteiger partial charge on any atom is -0.461 e. The molecule has 4 aromatic rings. The van der Waals surface area contributed by atoms with E-state index in [2.05, 4.69) is 47.9 Å². The van der Waals surface area contributed by atoms with Gasteiger partial charge in [-0.25, -0.2) is 4.79 Å². The van der Waals surface area contributed by atoms with E-state index in [1.54, 1.807) is 121 Å². The van der Waals surface area contributed by atoms with Crippen LogP contribution in [-0.2, 0) is 112 Å². The molecule has 0 saturated carbocycles. The summed E-state index contributed by atoms with van der Waals surface area (Å²) in [5, 5.41) is 22.8. The number of likely N-dealkylation sites (tertiary alicyclic amines) is 2. The Morgan fingerprint density at radius 3 is 1.36 bits per heavy atom. The number of rotatable bonds is 40. The molecule has 0 radical (unpaired) electrons. The van der Waals surface area contributed by atoms with Gasteiger partial charge in [0.2, 0.25) is 70.9 Å². The second kappa shape index (κ2) is 42.5. The fourth-order valence-electron chi connectivity index (χ4n) is 11.8. The summed E-state index contributed by atoms with van der Waals surface area (Å²) in [4.78, 5) is 196. The van der Waals surface area contributed by atoms with Crippen LogP contribution in [0.15, 0.2) is 121 Å². The van der Waals surface area contributed by atoms with Crippen LogP contribution in [0.5, 0.6) is 0 Å². The van der Waals surface area contributed by atoms with Crippen molar-refractivity contribution in [2.24, 2.45) is 17.4 Å². The Labute approximate surface area is 628 Å². The maximum absolute atomic E-state index is 15.0. The van der Waals surface area contributed by atoms with Gasteiger partial charge in [0.05, 0.1) is 57.6 Å². The van der Waals surface area contributed by atoms with Gasteiger partial charge in [-0.15, -0.1) is 0 Å². The molecule has 108 heavy (non-hydrogen) atoms. The molecule has 0 spiro atoms. The van der Waals surface area contributed by atoms with Crippen molar-refractivity contribution in [2.75, 3.05) is 26.2 Å². The van der Waals surface area contributed by atoms with Gasteiger partial charge in [0, 0.05) is 19.5 Å². The van der Waals surface area contributed by atoms with Crippen LogP contribution in [0, 0.1) is 5.92 Å². The maximum Gasteiger partial charge on any atom is 0.408 e.